The fourth-order valence-corrected chi connectivity index (χ4v) is 1.95. The zero-order valence-electron chi connectivity index (χ0n) is 9.40. The molecule has 0 spiro atoms. The highest BCUT2D eigenvalue weighted by atomic mass is 35.5. The van der Waals surface area contributed by atoms with E-state index in [4.69, 9.17) is 17.3 Å². The Labute approximate surface area is 107 Å². The minimum absolute atomic E-state index is 0.233. The number of nitrogens with two attached hydrogens (primary N) is 1. The maximum absolute atomic E-state index is 11.7. The summed E-state index contributed by atoms with van der Waals surface area (Å²) in [6.45, 7) is 2.18. The zero-order chi connectivity index (χ0) is 12.8. The number of nitrogens with zero attached hydrogens (tertiary/aromatic N) is 1. The van der Waals surface area contributed by atoms with E-state index in [1.165, 1.54) is 12.3 Å². The average molecular weight is 276 g/mol. The molecule has 1 unspecified atom stereocenters. The highest BCUT2D eigenvalue weighted by molar-refractivity contribution is 7.84. The molecule has 0 fully saturated rings. The molecular formula is C10H14ClN3O2S. The number of hydrogen-bond donors (Lipinski definition) is 2. The summed E-state index contributed by atoms with van der Waals surface area (Å²) in [6.07, 6.45) is 1.33. The third-order valence-electron chi connectivity index (χ3n) is 2.06. The van der Waals surface area contributed by atoms with Crippen LogP contribution in [0.1, 0.15) is 17.3 Å². The summed E-state index contributed by atoms with van der Waals surface area (Å²) in [4.78, 5) is 15.5. The quantitative estimate of drug-likeness (QED) is 0.833. The third-order valence-corrected chi connectivity index (χ3v) is 3.66. The van der Waals surface area contributed by atoms with Crippen molar-refractivity contribution in [3.8, 4) is 0 Å². The van der Waals surface area contributed by atoms with Crippen LogP contribution in [0.25, 0.3) is 0 Å². The lowest BCUT2D eigenvalue weighted by atomic mass is 10.2. The van der Waals surface area contributed by atoms with Gasteiger partial charge < -0.3 is 11.1 Å². The Balaban J connectivity index is 2.58. The predicted octanol–water partition coefficient (Wildman–Crippen LogP) is 0.816. The Kier molecular flexibility index (Phi) is 5.37. The first-order chi connectivity index (χ1) is 8.04. The number of hydrogen-bond acceptors (Lipinski definition) is 4. The fourth-order valence-electron chi connectivity index (χ4n) is 1.15. The van der Waals surface area contributed by atoms with Crippen molar-refractivity contribution in [1.82, 2.24) is 10.3 Å². The Morgan fingerprint density at radius 2 is 2.35 bits per heavy atom. The van der Waals surface area contributed by atoms with Gasteiger partial charge in [0.15, 0.2) is 0 Å². The summed E-state index contributed by atoms with van der Waals surface area (Å²) in [5.74, 6) is 0.910. The van der Waals surface area contributed by atoms with Gasteiger partial charge in [0, 0.05) is 35.0 Å². The Hall–Kier alpha value is -1.14. The van der Waals surface area contributed by atoms with Crippen LogP contribution in [0.4, 0.5) is 5.82 Å². The SMILES string of the molecule is CCS(=O)CCNC(=O)c1cc(N)ncc1Cl. The molecule has 1 aromatic heterocycles. The normalized spacial score (nSPS) is 12.1. The van der Waals surface area contributed by atoms with Crippen LogP contribution in [-0.2, 0) is 10.8 Å². The molecule has 0 saturated heterocycles. The number of carbonyl (C=O) groups is 1. The highest BCUT2D eigenvalue weighted by Crippen LogP contribution is 2.16. The monoisotopic (exact) mass is 275 g/mol. The number of carbonyl (C=O) groups excluding carboxylic acids is 1. The van der Waals surface area contributed by atoms with Crippen LogP contribution >= 0.6 is 11.6 Å². The summed E-state index contributed by atoms with van der Waals surface area (Å²) in [6, 6.07) is 1.41. The summed E-state index contributed by atoms with van der Waals surface area (Å²) < 4.78 is 11.2. The summed E-state index contributed by atoms with van der Waals surface area (Å²) in [5.41, 5.74) is 5.74. The number of halogens is 1. The second-order valence-corrected chi connectivity index (χ2v) is 5.55. The lowest BCUT2D eigenvalue weighted by Gasteiger charge is -2.06. The summed E-state index contributed by atoms with van der Waals surface area (Å²) >= 11 is 5.82. The molecule has 1 amide bonds. The molecule has 0 aliphatic carbocycles. The van der Waals surface area contributed by atoms with E-state index in [0.29, 0.717) is 18.1 Å². The van der Waals surface area contributed by atoms with Gasteiger partial charge in [-0.25, -0.2) is 4.98 Å². The molecule has 5 nitrogen and oxygen atoms in total. The van der Waals surface area contributed by atoms with E-state index in [0.717, 1.165) is 0 Å². The maximum atomic E-state index is 11.7. The highest BCUT2D eigenvalue weighted by Gasteiger charge is 2.11. The molecule has 0 aromatic carbocycles. The molecular weight excluding hydrogens is 262 g/mol. The van der Waals surface area contributed by atoms with Gasteiger partial charge in [0.2, 0.25) is 0 Å². The number of pyridine rings is 1. The number of nitrogen functional groups attached to an aromatic ring is 1. The summed E-state index contributed by atoms with van der Waals surface area (Å²) in [7, 11) is -0.894. The standard InChI is InChI=1S/C10H14ClN3O2S/c1-2-17(16)4-3-13-10(15)7-5-9(12)14-6-8(7)11/h5-6H,2-4H2,1H3,(H2,12,14)(H,13,15). The molecule has 0 aliphatic rings. The number of amides is 1. The largest absolute Gasteiger partial charge is 0.384 e. The van der Waals surface area contributed by atoms with Crippen molar-refractivity contribution in [3.05, 3.63) is 22.8 Å². The Morgan fingerprint density at radius 1 is 1.65 bits per heavy atom. The molecule has 17 heavy (non-hydrogen) atoms. The molecule has 0 aliphatic heterocycles. The predicted molar refractivity (Wildman–Crippen MR) is 69.5 cm³/mol. The second kappa shape index (κ2) is 6.56. The van der Waals surface area contributed by atoms with E-state index < -0.39 is 10.8 Å². The van der Waals surface area contributed by atoms with Gasteiger partial charge in [-0.3, -0.25) is 9.00 Å². The van der Waals surface area contributed by atoms with Crippen molar-refractivity contribution in [2.24, 2.45) is 0 Å². The van der Waals surface area contributed by atoms with E-state index in [1.54, 1.807) is 0 Å². The Morgan fingerprint density at radius 3 is 3.00 bits per heavy atom. The number of aromatic nitrogens is 1. The Bertz CT molecular complexity index is 440. The van der Waals surface area contributed by atoms with Crippen molar-refractivity contribution < 1.29 is 9.00 Å². The van der Waals surface area contributed by atoms with Gasteiger partial charge in [-0.2, -0.15) is 0 Å². The molecule has 3 N–H and O–H groups in total. The maximum Gasteiger partial charge on any atom is 0.253 e. The number of anilines is 1. The average Bonchev–Trinajstić information content (AvgIpc) is 2.31. The lowest BCUT2D eigenvalue weighted by Crippen LogP contribution is -2.28. The van der Waals surface area contributed by atoms with Crippen molar-refractivity contribution in [2.45, 2.75) is 6.92 Å². The van der Waals surface area contributed by atoms with Crippen LogP contribution in [0.2, 0.25) is 5.02 Å². The van der Waals surface area contributed by atoms with E-state index >= 15 is 0 Å². The van der Waals surface area contributed by atoms with Crippen LogP contribution in [0.15, 0.2) is 12.3 Å². The third kappa shape index (κ3) is 4.32. The van der Waals surface area contributed by atoms with Gasteiger partial charge in [-0.1, -0.05) is 18.5 Å². The van der Waals surface area contributed by atoms with Crippen LogP contribution in [0.5, 0.6) is 0 Å². The molecule has 1 atom stereocenters. The molecule has 1 rings (SSSR count). The van der Waals surface area contributed by atoms with Crippen LogP contribution < -0.4 is 11.1 Å². The van der Waals surface area contributed by atoms with Crippen LogP contribution in [0, 0.1) is 0 Å². The van der Waals surface area contributed by atoms with Crippen molar-refractivity contribution in [3.63, 3.8) is 0 Å². The van der Waals surface area contributed by atoms with Gasteiger partial charge in [0.1, 0.15) is 5.82 Å². The van der Waals surface area contributed by atoms with Crippen molar-refractivity contribution in [2.75, 3.05) is 23.8 Å². The molecule has 1 heterocycles. The van der Waals surface area contributed by atoms with Gasteiger partial charge in [0.05, 0.1) is 10.6 Å². The smallest absolute Gasteiger partial charge is 0.253 e. The molecule has 0 radical (unpaired) electrons. The number of nitrogens with one attached hydrogen (secondary N) is 1. The van der Waals surface area contributed by atoms with Crippen LogP contribution in [-0.4, -0.2) is 33.2 Å². The lowest BCUT2D eigenvalue weighted by molar-refractivity contribution is 0.0956. The van der Waals surface area contributed by atoms with Gasteiger partial charge >= 0.3 is 0 Å². The summed E-state index contributed by atoms with van der Waals surface area (Å²) in [5, 5.41) is 2.88. The van der Waals surface area contributed by atoms with E-state index in [2.05, 4.69) is 10.3 Å². The van der Waals surface area contributed by atoms with E-state index in [9.17, 15) is 9.00 Å². The first-order valence-corrected chi connectivity index (χ1v) is 6.95. The first-order valence-electron chi connectivity index (χ1n) is 5.08. The van der Waals surface area contributed by atoms with Crippen molar-refractivity contribution in [1.29, 1.82) is 0 Å². The molecule has 94 valence electrons. The van der Waals surface area contributed by atoms with Crippen LogP contribution in [0.3, 0.4) is 0 Å². The van der Waals surface area contributed by atoms with Gasteiger partial charge in [0.25, 0.3) is 5.91 Å². The van der Waals surface area contributed by atoms with E-state index in [1.807, 2.05) is 6.92 Å². The molecule has 7 heteroatoms. The topological polar surface area (TPSA) is 85.1 Å². The minimum atomic E-state index is -0.894. The molecule has 1 aromatic rings. The van der Waals surface area contributed by atoms with Crippen molar-refractivity contribution >= 4 is 34.1 Å². The first kappa shape index (κ1) is 13.9. The van der Waals surface area contributed by atoms with Gasteiger partial charge in [-0.05, 0) is 6.07 Å². The minimum Gasteiger partial charge on any atom is -0.384 e. The number of rotatable bonds is 5. The van der Waals surface area contributed by atoms with E-state index in [-0.39, 0.29) is 22.3 Å². The molecule has 0 saturated carbocycles. The molecule has 0 bridgehead atoms. The van der Waals surface area contributed by atoms with Gasteiger partial charge in [-0.15, -0.1) is 0 Å². The fraction of sp³-hybridized carbons (Fsp3) is 0.400. The zero-order valence-corrected chi connectivity index (χ0v) is 11.0. The second-order valence-electron chi connectivity index (χ2n) is 3.28.